The van der Waals surface area contributed by atoms with Crippen LogP contribution in [0.25, 0.3) is 16.6 Å². The lowest BCUT2D eigenvalue weighted by molar-refractivity contribution is -0.384. The van der Waals surface area contributed by atoms with Gasteiger partial charge in [0.15, 0.2) is 0 Å². The number of nitrogens with one attached hydrogen (secondary N) is 1. The molecule has 1 aliphatic heterocycles. The maximum atomic E-state index is 13.3. The number of non-ortho nitro benzene ring substituents is 1. The normalized spacial score (nSPS) is 16.2. The quantitative estimate of drug-likeness (QED) is 0.510. The first-order valence-electron chi connectivity index (χ1n) is 9.64. The monoisotopic (exact) mass is 394 g/mol. The van der Waals surface area contributed by atoms with Crippen LogP contribution in [0, 0.1) is 10.1 Å². The number of methoxy groups -OCH3 is 1. The van der Waals surface area contributed by atoms with E-state index in [1.54, 1.807) is 42.0 Å². The molecular weight excluding hydrogens is 372 g/mol. The summed E-state index contributed by atoms with van der Waals surface area (Å²) in [5, 5.41) is 14.9. The Bertz CT molecular complexity index is 1100. The summed E-state index contributed by atoms with van der Waals surface area (Å²) in [6.07, 6.45) is 3.78. The Morgan fingerprint density at radius 3 is 2.72 bits per heavy atom. The second kappa shape index (κ2) is 8.00. The van der Waals surface area contributed by atoms with Crippen LogP contribution in [0.3, 0.4) is 0 Å². The molecule has 1 N–H and O–H groups in total. The standard InChI is InChI=1S/C21H22N4O4/c1-29-17-8-5-15(6-9-17)24-20(11-4-14-3-2-12-22-14)23-19-10-7-16(25(27)28)13-18(19)21(24)26/h5-10,13-14,22H,2-4,11-12H2,1H3. The molecular formula is C21H22N4O4. The highest BCUT2D eigenvalue weighted by atomic mass is 16.6. The van der Waals surface area contributed by atoms with Gasteiger partial charge in [-0.25, -0.2) is 4.98 Å². The van der Waals surface area contributed by atoms with Gasteiger partial charge in [-0.05, 0) is 56.1 Å². The number of aromatic nitrogens is 2. The molecule has 1 atom stereocenters. The smallest absolute Gasteiger partial charge is 0.270 e. The average molecular weight is 394 g/mol. The Morgan fingerprint density at radius 2 is 2.07 bits per heavy atom. The lowest BCUT2D eigenvalue weighted by atomic mass is 10.1. The number of nitro groups is 1. The minimum absolute atomic E-state index is 0.124. The molecule has 2 heterocycles. The van der Waals surface area contributed by atoms with E-state index in [4.69, 9.17) is 9.72 Å². The first kappa shape index (κ1) is 19.1. The van der Waals surface area contributed by atoms with Crippen LogP contribution >= 0.6 is 0 Å². The van der Waals surface area contributed by atoms with Crippen LogP contribution in [0.1, 0.15) is 25.1 Å². The maximum Gasteiger partial charge on any atom is 0.270 e. The average Bonchev–Trinajstić information content (AvgIpc) is 3.26. The van der Waals surface area contributed by atoms with E-state index in [-0.39, 0.29) is 16.6 Å². The molecule has 150 valence electrons. The molecule has 29 heavy (non-hydrogen) atoms. The van der Waals surface area contributed by atoms with Crippen molar-refractivity contribution in [3.8, 4) is 11.4 Å². The van der Waals surface area contributed by atoms with Crippen molar-refractivity contribution in [1.82, 2.24) is 14.9 Å². The minimum Gasteiger partial charge on any atom is -0.497 e. The van der Waals surface area contributed by atoms with Crippen LogP contribution in [0.15, 0.2) is 47.3 Å². The number of hydrogen-bond acceptors (Lipinski definition) is 6. The molecule has 3 aromatic rings. The van der Waals surface area contributed by atoms with E-state index in [0.717, 1.165) is 25.8 Å². The minimum atomic E-state index is -0.504. The van der Waals surface area contributed by atoms with Crippen molar-refractivity contribution in [2.75, 3.05) is 13.7 Å². The number of hydrogen-bond donors (Lipinski definition) is 1. The fraction of sp³-hybridized carbons (Fsp3) is 0.333. The zero-order valence-corrected chi connectivity index (χ0v) is 16.1. The van der Waals surface area contributed by atoms with Gasteiger partial charge in [0.25, 0.3) is 11.2 Å². The first-order valence-corrected chi connectivity index (χ1v) is 9.64. The van der Waals surface area contributed by atoms with Crippen LogP contribution < -0.4 is 15.6 Å². The predicted molar refractivity (Wildman–Crippen MR) is 110 cm³/mol. The molecule has 1 unspecified atom stereocenters. The highest BCUT2D eigenvalue weighted by Crippen LogP contribution is 2.21. The number of fused-ring (bicyclic) bond motifs is 1. The molecule has 2 aromatic carbocycles. The van der Waals surface area contributed by atoms with Gasteiger partial charge in [0.2, 0.25) is 0 Å². The molecule has 0 spiro atoms. The number of nitrogens with zero attached hydrogens (tertiary/aromatic N) is 3. The molecule has 0 amide bonds. The van der Waals surface area contributed by atoms with E-state index in [2.05, 4.69) is 5.32 Å². The summed E-state index contributed by atoms with van der Waals surface area (Å²) >= 11 is 0. The molecule has 4 rings (SSSR count). The van der Waals surface area contributed by atoms with E-state index < -0.39 is 4.92 Å². The van der Waals surface area contributed by atoms with Crippen molar-refractivity contribution in [2.24, 2.45) is 0 Å². The third-order valence-electron chi connectivity index (χ3n) is 5.34. The first-order chi connectivity index (χ1) is 14.1. The Morgan fingerprint density at radius 1 is 1.28 bits per heavy atom. The van der Waals surface area contributed by atoms with Crippen molar-refractivity contribution in [3.05, 3.63) is 68.8 Å². The van der Waals surface area contributed by atoms with Gasteiger partial charge in [0, 0.05) is 24.6 Å². The number of aryl methyl sites for hydroxylation is 1. The van der Waals surface area contributed by atoms with E-state index in [1.807, 2.05) is 0 Å². The van der Waals surface area contributed by atoms with Crippen LogP contribution in [0.4, 0.5) is 5.69 Å². The SMILES string of the molecule is COc1ccc(-n2c(CCC3CCCN3)nc3ccc([N+](=O)[O-])cc3c2=O)cc1. The van der Waals surface area contributed by atoms with E-state index in [0.29, 0.717) is 35.2 Å². The largest absolute Gasteiger partial charge is 0.497 e. The maximum absolute atomic E-state index is 13.3. The van der Waals surface area contributed by atoms with Gasteiger partial charge in [-0.1, -0.05) is 0 Å². The second-order valence-corrected chi connectivity index (χ2v) is 7.16. The topological polar surface area (TPSA) is 99.3 Å². The molecule has 1 aliphatic rings. The van der Waals surface area contributed by atoms with E-state index in [9.17, 15) is 14.9 Å². The highest BCUT2D eigenvalue weighted by molar-refractivity contribution is 5.80. The van der Waals surface area contributed by atoms with Crippen molar-refractivity contribution < 1.29 is 9.66 Å². The molecule has 0 aliphatic carbocycles. The Kier molecular flexibility index (Phi) is 5.26. The highest BCUT2D eigenvalue weighted by Gasteiger charge is 2.19. The summed E-state index contributed by atoms with van der Waals surface area (Å²) in [5.74, 6) is 1.33. The van der Waals surface area contributed by atoms with Crippen LogP contribution in [0.5, 0.6) is 5.75 Å². The summed E-state index contributed by atoms with van der Waals surface area (Å²) in [6, 6.07) is 11.8. The van der Waals surface area contributed by atoms with Crippen LogP contribution in [-0.2, 0) is 6.42 Å². The summed E-state index contributed by atoms with van der Waals surface area (Å²) in [7, 11) is 1.58. The summed E-state index contributed by atoms with van der Waals surface area (Å²) < 4.78 is 6.76. The zero-order chi connectivity index (χ0) is 20.4. The molecule has 8 heteroatoms. The molecule has 1 fully saturated rings. The predicted octanol–water partition coefficient (Wildman–Crippen LogP) is 2.99. The van der Waals surface area contributed by atoms with Crippen molar-refractivity contribution >= 4 is 16.6 Å². The van der Waals surface area contributed by atoms with E-state index in [1.165, 1.54) is 12.1 Å². The lowest BCUT2D eigenvalue weighted by Crippen LogP contribution is -2.27. The molecule has 8 nitrogen and oxygen atoms in total. The Labute approximate surface area is 167 Å². The van der Waals surface area contributed by atoms with Gasteiger partial charge in [0.1, 0.15) is 11.6 Å². The second-order valence-electron chi connectivity index (χ2n) is 7.16. The Balaban J connectivity index is 1.84. The summed E-state index contributed by atoms with van der Waals surface area (Å²) in [5.41, 5.74) is 0.699. The van der Waals surface area contributed by atoms with Crippen molar-refractivity contribution in [3.63, 3.8) is 0 Å². The molecule has 0 bridgehead atoms. The number of rotatable bonds is 6. The van der Waals surface area contributed by atoms with Gasteiger partial charge in [-0.3, -0.25) is 19.5 Å². The number of nitro benzene ring substituents is 1. The number of ether oxygens (including phenoxy) is 1. The van der Waals surface area contributed by atoms with Crippen molar-refractivity contribution in [2.45, 2.75) is 31.7 Å². The summed E-state index contributed by atoms with van der Waals surface area (Å²) in [4.78, 5) is 28.7. The summed E-state index contributed by atoms with van der Waals surface area (Å²) in [6.45, 7) is 1.02. The molecule has 0 saturated carbocycles. The third kappa shape index (κ3) is 3.84. The van der Waals surface area contributed by atoms with Crippen LogP contribution in [0.2, 0.25) is 0 Å². The third-order valence-corrected chi connectivity index (χ3v) is 5.34. The molecule has 1 saturated heterocycles. The number of benzene rings is 2. The van der Waals surface area contributed by atoms with Gasteiger partial charge in [0.05, 0.1) is 28.6 Å². The zero-order valence-electron chi connectivity index (χ0n) is 16.1. The Hall–Kier alpha value is -3.26. The van der Waals surface area contributed by atoms with E-state index >= 15 is 0 Å². The fourth-order valence-corrected chi connectivity index (χ4v) is 3.80. The van der Waals surface area contributed by atoms with Gasteiger partial charge >= 0.3 is 0 Å². The molecule has 0 radical (unpaired) electrons. The fourth-order valence-electron chi connectivity index (χ4n) is 3.80. The van der Waals surface area contributed by atoms with Gasteiger partial charge < -0.3 is 10.1 Å². The lowest BCUT2D eigenvalue weighted by Gasteiger charge is -2.16. The van der Waals surface area contributed by atoms with Crippen molar-refractivity contribution in [1.29, 1.82) is 0 Å². The van der Waals surface area contributed by atoms with Gasteiger partial charge in [-0.15, -0.1) is 0 Å². The molecule has 1 aromatic heterocycles. The van der Waals surface area contributed by atoms with Crippen LogP contribution in [-0.4, -0.2) is 34.2 Å². The van der Waals surface area contributed by atoms with Gasteiger partial charge in [-0.2, -0.15) is 0 Å².